The molecule has 1 aliphatic rings. The van der Waals surface area contributed by atoms with E-state index in [0.29, 0.717) is 0 Å². The van der Waals surface area contributed by atoms with Gasteiger partial charge in [-0.3, -0.25) is 10.1 Å². The van der Waals surface area contributed by atoms with Gasteiger partial charge in [0.05, 0.1) is 17.2 Å². The van der Waals surface area contributed by atoms with Crippen LogP contribution in [0.4, 0.5) is 22.0 Å². The zero-order valence-corrected chi connectivity index (χ0v) is 18.8. The molecule has 1 fully saturated rings. The van der Waals surface area contributed by atoms with Gasteiger partial charge < -0.3 is 9.31 Å². The van der Waals surface area contributed by atoms with E-state index in [1.54, 1.807) is 27.7 Å². The van der Waals surface area contributed by atoms with Crippen LogP contribution in [0.2, 0.25) is 0 Å². The third-order valence-corrected chi connectivity index (χ3v) is 5.74. The number of nitrogens with one attached hydrogen (secondary N) is 1. The lowest BCUT2D eigenvalue weighted by Crippen LogP contribution is -2.46. The van der Waals surface area contributed by atoms with Crippen molar-refractivity contribution in [2.45, 2.75) is 90.0 Å². The maximum absolute atomic E-state index is 14.8. The molecule has 1 aliphatic heterocycles. The molecule has 10 heteroatoms. The van der Waals surface area contributed by atoms with Crippen LogP contribution in [-0.4, -0.2) is 42.0 Å². The van der Waals surface area contributed by atoms with Gasteiger partial charge >= 0.3 is 13.3 Å². The normalized spacial score (nSPS) is 20.6. The van der Waals surface area contributed by atoms with E-state index in [1.807, 2.05) is 0 Å². The highest BCUT2D eigenvalue weighted by atomic mass is 19.4. The summed E-state index contributed by atoms with van der Waals surface area (Å²) in [5, 5.41) is 2.17. The Balaban J connectivity index is 2.35. The van der Waals surface area contributed by atoms with Crippen molar-refractivity contribution in [2.24, 2.45) is 0 Å². The van der Waals surface area contributed by atoms with Crippen LogP contribution in [0.15, 0.2) is 18.2 Å². The number of Topliss-reactive ketones (excluding diaryl/α,β-unsaturated/α-hetero) is 1. The molecule has 0 aliphatic carbocycles. The highest BCUT2D eigenvalue weighted by Gasteiger charge is 2.52. The number of ketones is 1. The molecule has 0 bridgehead atoms. The molecule has 1 aromatic carbocycles. The summed E-state index contributed by atoms with van der Waals surface area (Å²) in [7, 11) is -1.08. The molecule has 1 N–H and O–H groups in total. The Morgan fingerprint density at radius 3 is 2.00 bits per heavy atom. The number of benzene rings is 1. The van der Waals surface area contributed by atoms with Crippen molar-refractivity contribution in [3.05, 3.63) is 29.6 Å². The van der Waals surface area contributed by atoms with Gasteiger partial charge in [-0.1, -0.05) is 12.1 Å². The van der Waals surface area contributed by atoms with E-state index in [-0.39, 0.29) is 5.46 Å². The molecular weight excluding hydrogens is 420 g/mol. The molecule has 1 unspecified atom stereocenters. The number of alkyl halides is 4. The summed E-state index contributed by atoms with van der Waals surface area (Å²) >= 11 is 0. The van der Waals surface area contributed by atoms with Gasteiger partial charge in [0, 0.05) is 11.9 Å². The van der Waals surface area contributed by atoms with Gasteiger partial charge in [0.15, 0.2) is 0 Å². The maximum atomic E-state index is 14.8. The molecule has 0 saturated carbocycles. The molecule has 1 heterocycles. The molecule has 0 spiro atoms. The van der Waals surface area contributed by atoms with Crippen LogP contribution in [0.3, 0.4) is 0 Å². The van der Waals surface area contributed by atoms with Crippen LogP contribution >= 0.6 is 0 Å². The van der Waals surface area contributed by atoms with Crippen LogP contribution in [0.5, 0.6) is 0 Å². The quantitative estimate of drug-likeness (QED) is 0.495. The molecule has 2 rings (SSSR count). The third kappa shape index (κ3) is 6.05. The highest BCUT2D eigenvalue weighted by molar-refractivity contribution is 6.62. The summed E-state index contributed by atoms with van der Waals surface area (Å²) in [5.41, 5.74) is -3.82. The fraction of sp³-hybridized carbons (Fsp3) is 0.667. The molecular formula is C21H29BF5NO3. The van der Waals surface area contributed by atoms with E-state index in [0.717, 1.165) is 19.1 Å². The molecule has 1 aromatic rings. The lowest BCUT2D eigenvalue weighted by atomic mass is 9.78. The number of carbonyl (C=O) groups is 1. The van der Waals surface area contributed by atoms with Crippen LogP contribution in [0.25, 0.3) is 0 Å². The van der Waals surface area contributed by atoms with Crippen molar-refractivity contribution >= 4 is 18.4 Å². The summed E-state index contributed by atoms with van der Waals surface area (Å²) in [6.45, 7) is 10.5. The van der Waals surface area contributed by atoms with Crippen molar-refractivity contribution < 1.29 is 36.1 Å². The predicted molar refractivity (Wildman–Crippen MR) is 108 cm³/mol. The second-order valence-corrected chi connectivity index (χ2v) is 9.60. The summed E-state index contributed by atoms with van der Waals surface area (Å²) in [6, 6.07) is -0.729. The van der Waals surface area contributed by atoms with Crippen molar-refractivity contribution in [2.75, 3.05) is 0 Å². The average Bonchev–Trinajstić information content (AvgIpc) is 2.76. The zero-order valence-electron chi connectivity index (χ0n) is 18.8. The SMILES string of the molecule is CC(=O)[C@H](CC(C)(C)F)NC(c1ccc(B2OC(C)(C)C(C)(C)O2)c(F)c1)C(F)(F)F. The Morgan fingerprint density at radius 2 is 1.61 bits per heavy atom. The van der Waals surface area contributed by atoms with E-state index < -0.39 is 65.8 Å². The van der Waals surface area contributed by atoms with Gasteiger partial charge in [0.25, 0.3) is 0 Å². The monoisotopic (exact) mass is 449 g/mol. The van der Waals surface area contributed by atoms with E-state index in [1.165, 1.54) is 19.9 Å². The lowest BCUT2D eigenvalue weighted by molar-refractivity contribution is -0.161. The first-order valence-electron chi connectivity index (χ1n) is 10.0. The van der Waals surface area contributed by atoms with Gasteiger partial charge in [-0.15, -0.1) is 0 Å². The molecule has 4 nitrogen and oxygen atoms in total. The number of carbonyl (C=O) groups excluding carboxylic acids is 1. The molecule has 1 saturated heterocycles. The fourth-order valence-corrected chi connectivity index (χ4v) is 3.27. The smallest absolute Gasteiger partial charge is 0.399 e. The first kappa shape index (κ1) is 25.7. The van der Waals surface area contributed by atoms with E-state index in [4.69, 9.17) is 9.31 Å². The van der Waals surface area contributed by atoms with Crippen molar-refractivity contribution in [3.8, 4) is 0 Å². The van der Waals surface area contributed by atoms with E-state index >= 15 is 0 Å². The number of hydrogen-bond donors (Lipinski definition) is 1. The second kappa shape index (κ2) is 8.44. The second-order valence-electron chi connectivity index (χ2n) is 9.60. The summed E-state index contributed by atoms with van der Waals surface area (Å²) in [4.78, 5) is 11.8. The largest absolute Gasteiger partial charge is 0.497 e. The number of halogens is 5. The van der Waals surface area contributed by atoms with Gasteiger partial charge in [-0.25, -0.2) is 8.78 Å². The Hall–Kier alpha value is -1.52. The minimum absolute atomic E-state index is 0.0312. The molecule has 0 radical (unpaired) electrons. The predicted octanol–water partition coefficient (Wildman–Crippen LogP) is 4.41. The summed E-state index contributed by atoms with van der Waals surface area (Å²) in [5.74, 6) is -1.58. The topological polar surface area (TPSA) is 47.6 Å². The van der Waals surface area contributed by atoms with Crippen molar-refractivity contribution in [1.29, 1.82) is 0 Å². The Labute approximate surface area is 180 Å². The summed E-state index contributed by atoms with van der Waals surface area (Å²) in [6.07, 6.45) is -5.30. The Morgan fingerprint density at radius 1 is 1.10 bits per heavy atom. The van der Waals surface area contributed by atoms with Gasteiger partial charge in [0.1, 0.15) is 23.3 Å². The van der Waals surface area contributed by atoms with Crippen LogP contribution < -0.4 is 10.8 Å². The van der Waals surface area contributed by atoms with Gasteiger partial charge in [-0.05, 0) is 60.1 Å². The van der Waals surface area contributed by atoms with Crippen LogP contribution in [-0.2, 0) is 14.1 Å². The van der Waals surface area contributed by atoms with E-state index in [9.17, 15) is 26.7 Å². The molecule has 2 atom stereocenters. The third-order valence-electron chi connectivity index (χ3n) is 5.74. The minimum Gasteiger partial charge on any atom is -0.399 e. The average molecular weight is 449 g/mol. The zero-order chi connectivity index (χ0) is 24.0. The molecule has 31 heavy (non-hydrogen) atoms. The lowest BCUT2D eigenvalue weighted by Gasteiger charge is -2.32. The first-order valence-corrected chi connectivity index (χ1v) is 10.0. The van der Waals surface area contributed by atoms with Crippen LogP contribution in [0.1, 0.15) is 66.5 Å². The standard InChI is InChI=1S/C21H29BF5NO3/c1-12(29)16(11-18(2,3)24)28-17(21(25,26)27)13-8-9-14(15(23)10-13)22-30-19(4,5)20(6,7)31-22/h8-10,16-17,28H,11H2,1-7H3/t16-,17?/m0/s1. The fourth-order valence-electron chi connectivity index (χ4n) is 3.27. The molecule has 0 aromatic heterocycles. The van der Waals surface area contributed by atoms with Gasteiger partial charge in [0.2, 0.25) is 0 Å². The minimum atomic E-state index is -4.84. The Kier molecular flexibility index (Phi) is 7.01. The first-order chi connectivity index (χ1) is 13.8. The molecule has 174 valence electrons. The highest BCUT2D eigenvalue weighted by Crippen LogP contribution is 2.38. The number of hydrogen-bond acceptors (Lipinski definition) is 4. The van der Waals surface area contributed by atoms with Crippen molar-refractivity contribution in [3.63, 3.8) is 0 Å². The van der Waals surface area contributed by atoms with Gasteiger partial charge in [-0.2, -0.15) is 13.2 Å². The van der Waals surface area contributed by atoms with Crippen LogP contribution in [0, 0.1) is 5.82 Å². The Bertz CT molecular complexity index is 804. The summed E-state index contributed by atoms with van der Waals surface area (Å²) < 4.78 is 81.6. The maximum Gasteiger partial charge on any atom is 0.497 e. The molecule has 0 amide bonds. The van der Waals surface area contributed by atoms with Crippen molar-refractivity contribution in [1.82, 2.24) is 5.32 Å². The number of rotatable bonds is 7. The van der Waals surface area contributed by atoms with E-state index in [2.05, 4.69) is 5.32 Å².